The Balaban J connectivity index is 1.60. The van der Waals surface area contributed by atoms with Gasteiger partial charge in [-0.05, 0) is 51.5 Å². The summed E-state index contributed by atoms with van der Waals surface area (Å²) in [6.07, 6.45) is 6.15. The summed E-state index contributed by atoms with van der Waals surface area (Å²) in [7, 11) is 0. The first-order valence-corrected chi connectivity index (χ1v) is 9.70. The number of likely N-dealkylation sites (tertiary alicyclic amines) is 2. The van der Waals surface area contributed by atoms with Crippen LogP contribution in [0.3, 0.4) is 0 Å². The molecule has 2 amide bonds. The van der Waals surface area contributed by atoms with Crippen LogP contribution in [0.4, 0.5) is 0 Å². The zero-order valence-corrected chi connectivity index (χ0v) is 15.5. The van der Waals surface area contributed by atoms with Crippen molar-refractivity contribution in [2.75, 3.05) is 19.6 Å². The first kappa shape index (κ1) is 18.0. The molecule has 2 aliphatic rings. The van der Waals surface area contributed by atoms with Gasteiger partial charge in [0.15, 0.2) is 0 Å². The number of hydrogen-bond acceptors (Lipinski definition) is 3. The number of carbonyl (C=O) groups excluding carboxylic acids is 2. The Hall–Kier alpha value is -1.85. The highest BCUT2D eigenvalue weighted by atomic mass is 16.2. The molecule has 0 radical (unpaired) electrons. The maximum atomic E-state index is 13.0. The van der Waals surface area contributed by atoms with E-state index in [4.69, 9.17) is 0 Å². The van der Waals surface area contributed by atoms with Crippen molar-refractivity contribution in [3.8, 4) is 0 Å². The molecule has 1 unspecified atom stereocenters. The van der Waals surface area contributed by atoms with Crippen molar-refractivity contribution in [1.82, 2.24) is 20.0 Å². The highest BCUT2D eigenvalue weighted by Gasteiger charge is 2.35. The van der Waals surface area contributed by atoms with Crippen LogP contribution in [0.25, 0.3) is 0 Å². The summed E-state index contributed by atoms with van der Waals surface area (Å²) >= 11 is 0. The van der Waals surface area contributed by atoms with Gasteiger partial charge in [0.2, 0.25) is 11.8 Å². The van der Waals surface area contributed by atoms with Gasteiger partial charge in [-0.3, -0.25) is 14.7 Å². The van der Waals surface area contributed by atoms with E-state index >= 15 is 0 Å². The van der Waals surface area contributed by atoms with E-state index in [0.29, 0.717) is 12.3 Å². The summed E-state index contributed by atoms with van der Waals surface area (Å²) in [6.45, 7) is 6.29. The normalized spacial score (nSPS) is 22.2. The van der Waals surface area contributed by atoms with Crippen molar-refractivity contribution in [3.05, 3.63) is 17.5 Å². The average molecular weight is 346 g/mol. The molecule has 0 saturated carbocycles. The fraction of sp³-hybridized carbons (Fsp3) is 0.737. The minimum Gasteiger partial charge on any atom is -0.341 e. The van der Waals surface area contributed by atoms with E-state index in [0.717, 1.165) is 69.5 Å². The third-order valence-corrected chi connectivity index (χ3v) is 5.52. The second-order valence-electron chi connectivity index (χ2n) is 7.42. The third-order valence-electron chi connectivity index (χ3n) is 5.52. The van der Waals surface area contributed by atoms with Gasteiger partial charge in [-0.1, -0.05) is 6.92 Å². The summed E-state index contributed by atoms with van der Waals surface area (Å²) < 4.78 is 0. The van der Waals surface area contributed by atoms with Crippen molar-refractivity contribution in [1.29, 1.82) is 0 Å². The summed E-state index contributed by atoms with van der Waals surface area (Å²) in [4.78, 5) is 29.2. The second-order valence-corrected chi connectivity index (χ2v) is 7.42. The van der Waals surface area contributed by atoms with Gasteiger partial charge in [0.25, 0.3) is 0 Å². The van der Waals surface area contributed by atoms with Crippen LogP contribution in [0, 0.1) is 6.92 Å². The SMILES string of the molecule is CCCC(=O)N1CCCCC1C(=O)N1CCC(c2cc(C)[nH]n2)CC1. The monoisotopic (exact) mass is 346 g/mol. The molecule has 2 aliphatic heterocycles. The molecule has 0 aromatic carbocycles. The van der Waals surface area contributed by atoms with Crippen molar-refractivity contribution < 1.29 is 9.59 Å². The number of aryl methyl sites for hydroxylation is 1. The van der Waals surface area contributed by atoms with Gasteiger partial charge in [0.05, 0.1) is 5.69 Å². The largest absolute Gasteiger partial charge is 0.341 e. The number of hydrogen-bond donors (Lipinski definition) is 1. The molecule has 1 N–H and O–H groups in total. The highest BCUT2D eigenvalue weighted by molar-refractivity contribution is 5.88. The molecule has 138 valence electrons. The number of nitrogens with zero attached hydrogens (tertiary/aromatic N) is 3. The fourth-order valence-corrected chi connectivity index (χ4v) is 4.10. The quantitative estimate of drug-likeness (QED) is 0.911. The molecule has 3 heterocycles. The zero-order valence-electron chi connectivity index (χ0n) is 15.5. The van der Waals surface area contributed by atoms with E-state index in [9.17, 15) is 9.59 Å². The van der Waals surface area contributed by atoms with Crippen molar-refractivity contribution in [2.24, 2.45) is 0 Å². The molecule has 2 saturated heterocycles. The maximum Gasteiger partial charge on any atom is 0.245 e. The summed E-state index contributed by atoms with van der Waals surface area (Å²) in [5, 5.41) is 7.38. The zero-order chi connectivity index (χ0) is 17.8. The lowest BCUT2D eigenvalue weighted by Gasteiger charge is -2.40. The van der Waals surface area contributed by atoms with Gasteiger partial charge in [0, 0.05) is 37.7 Å². The summed E-state index contributed by atoms with van der Waals surface area (Å²) in [5.41, 5.74) is 2.20. The van der Waals surface area contributed by atoms with Crippen LogP contribution in [-0.4, -0.2) is 57.5 Å². The van der Waals surface area contributed by atoms with E-state index in [1.165, 1.54) is 0 Å². The standard InChI is InChI=1S/C19H30N4O2/c1-3-6-18(24)23-10-5-4-7-17(23)19(25)22-11-8-15(9-12-22)16-13-14(2)20-21-16/h13,15,17H,3-12H2,1-2H3,(H,20,21). The molecule has 1 aromatic rings. The van der Waals surface area contributed by atoms with E-state index in [1.807, 2.05) is 23.6 Å². The summed E-state index contributed by atoms with van der Waals surface area (Å²) in [6, 6.07) is 1.87. The predicted octanol–water partition coefficient (Wildman–Crippen LogP) is 2.61. The molecular formula is C19H30N4O2. The van der Waals surface area contributed by atoms with Gasteiger partial charge in [0.1, 0.15) is 6.04 Å². The van der Waals surface area contributed by atoms with Crippen LogP contribution in [-0.2, 0) is 9.59 Å². The minimum atomic E-state index is -0.239. The first-order chi connectivity index (χ1) is 12.1. The summed E-state index contributed by atoms with van der Waals surface area (Å²) in [5.74, 6) is 0.724. The predicted molar refractivity (Wildman–Crippen MR) is 96.1 cm³/mol. The number of aromatic nitrogens is 2. The molecule has 2 fully saturated rings. The molecule has 0 aliphatic carbocycles. The van der Waals surface area contributed by atoms with E-state index in [2.05, 4.69) is 16.3 Å². The molecule has 1 atom stereocenters. The number of aromatic amines is 1. The van der Waals surface area contributed by atoms with E-state index < -0.39 is 0 Å². The number of piperidine rings is 2. The van der Waals surface area contributed by atoms with Crippen LogP contribution in [0.2, 0.25) is 0 Å². The van der Waals surface area contributed by atoms with Crippen LogP contribution in [0.1, 0.15) is 69.2 Å². The molecule has 25 heavy (non-hydrogen) atoms. The smallest absolute Gasteiger partial charge is 0.245 e. The van der Waals surface area contributed by atoms with Crippen LogP contribution in [0.5, 0.6) is 0 Å². The number of nitrogens with one attached hydrogen (secondary N) is 1. The number of rotatable bonds is 4. The van der Waals surface area contributed by atoms with Gasteiger partial charge in [-0.15, -0.1) is 0 Å². The topological polar surface area (TPSA) is 69.3 Å². The molecular weight excluding hydrogens is 316 g/mol. The van der Waals surface area contributed by atoms with E-state index in [1.54, 1.807) is 0 Å². The second kappa shape index (κ2) is 8.02. The maximum absolute atomic E-state index is 13.0. The first-order valence-electron chi connectivity index (χ1n) is 9.70. The van der Waals surface area contributed by atoms with Crippen molar-refractivity contribution in [2.45, 2.75) is 70.8 Å². The Morgan fingerprint density at radius 3 is 2.60 bits per heavy atom. The van der Waals surface area contributed by atoms with Crippen LogP contribution in [0.15, 0.2) is 6.07 Å². The molecule has 6 nitrogen and oxygen atoms in total. The third kappa shape index (κ3) is 4.05. The molecule has 3 rings (SSSR count). The van der Waals surface area contributed by atoms with Crippen LogP contribution < -0.4 is 0 Å². The van der Waals surface area contributed by atoms with Gasteiger partial charge in [-0.2, -0.15) is 5.10 Å². The molecule has 0 spiro atoms. The van der Waals surface area contributed by atoms with Gasteiger partial charge in [-0.25, -0.2) is 0 Å². The average Bonchev–Trinajstić information content (AvgIpc) is 3.08. The molecule has 1 aromatic heterocycles. The number of amides is 2. The Morgan fingerprint density at radius 2 is 1.96 bits per heavy atom. The Kier molecular flexibility index (Phi) is 5.76. The molecule has 6 heteroatoms. The lowest BCUT2D eigenvalue weighted by atomic mass is 9.92. The van der Waals surface area contributed by atoms with Gasteiger partial charge < -0.3 is 9.80 Å². The van der Waals surface area contributed by atoms with Crippen LogP contribution >= 0.6 is 0 Å². The number of H-pyrrole nitrogens is 1. The Bertz CT molecular complexity index is 604. The highest BCUT2D eigenvalue weighted by Crippen LogP contribution is 2.29. The van der Waals surface area contributed by atoms with Crippen molar-refractivity contribution >= 4 is 11.8 Å². The fourth-order valence-electron chi connectivity index (χ4n) is 4.10. The molecule has 0 bridgehead atoms. The Labute approximate surface area is 149 Å². The Morgan fingerprint density at radius 1 is 1.20 bits per heavy atom. The lowest BCUT2D eigenvalue weighted by molar-refractivity contribution is -0.148. The van der Waals surface area contributed by atoms with E-state index in [-0.39, 0.29) is 17.9 Å². The lowest BCUT2D eigenvalue weighted by Crippen LogP contribution is -2.54. The number of carbonyl (C=O) groups is 2. The minimum absolute atomic E-state index is 0.141. The van der Waals surface area contributed by atoms with Gasteiger partial charge >= 0.3 is 0 Å². The van der Waals surface area contributed by atoms with Crippen molar-refractivity contribution in [3.63, 3.8) is 0 Å².